The van der Waals surface area contributed by atoms with E-state index in [2.05, 4.69) is 18.7 Å². The molecule has 21 heavy (non-hydrogen) atoms. The van der Waals surface area contributed by atoms with E-state index in [1.807, 2.05) is 18.2 Å². The molecule has 2 rings (SSSR count). The van der Waals surface area contributed by atoms with Crippen molar-refractivity contribution >= 4 is 0 Å². The zero-order chi connectivity index (χ0) is 15.4. The number of benzene rings is 1. The summed E-state index contributed by atoms with van der Waals surface area (Å²) in [5.41, 5.74) is 7.50. The van der Waals surface area contributed by atoms with Gasteiger partial charge in [0.15, 0.2) is 0 Å². The summed E-state index contributed by atoms with van der Waals surface area (Å²) in [5, 5.41) is 0. The molecule has 0 aromatic heterocycles. The van der Waals surface area contributed by atoms with Gasteiger partial charge in [0.1, 0.15) is 11.5 Å². The zero-order valence-corrected chi connectivity index (χ0v) is 13.6. The highest BCUT2D eigenvalue weighted by Gasteiger charge is 2.27. The fourth-order valence-corrected chi connectivity index (χ4v) is 3.28. The van der Waals surface area contributed by atoms with E-state index in [1.54, 1.807) is 14.2 Å². The Morgan fingerprint density at radius 3 is 2.43 bits per heavy atom. The fraction of sp³-hybridized carbons (Fsp3) is 0.647. The minimum Gasteiger partial charge on any atom is -0.497 e. The summed E-state index contributed by atoms with van der Waals surface area (Å²) in [7, 11) is 3.34. The van der Waals surface area contributed by atoms with Crippen LogP contribution in [0, 0.1) is 0 Å². The van der Waals surface area contributed by atoms with Crippen molar-refractivity contribution in [3.63, 3.8) is 0 Å². The highest BCUT2D eigenvalue weighted by atomic mass is 16.5. The van der Waals surface area contributed by atoms with Crippen LogP contribution in [0.4, 0.5) is 0 Å². The quantitative estimate of drug-likeness (QED) is 0.906. The van der Waals surface area contributed by atoms with Crippen molar-refractivity contribution in [2.75, 3.05) is 20.8 Å². The molecule has 1 fully saturated rings. The van der Waals surface area contributed by atoms with E-state index in [9.17, 15) is 0 Å². The van der Waals surface area contributed by atoms with Crippen LogP contribution in [-0.2, 0) is 0 Å². The molecule has 1 heterocycles. The zero-order valence-electron chi connectivity index (χ0n) is 13.6. The number of nitrogens with two attached hydrogens (primary N) is 1. The maximum atomic E-state index is 6.46. The molecule has 3 atom stereocenters. The lowest BCUT2D eigenvalue weighted by atomic mass is 9.95. The van der Waals surface area contributed by atoms with Gasteiger partial charge in [-0.15, -0.1) is 0 Å². The Hall–Kier alpha value is -1.26. The second kappa shape index (κ2) is 7.14. The maximum Gasteiger partial charge on any atom is 0.127 e. The van der Waals surface area contributed by atoms with Crippen molar-refractivity contribution in [2.24, 2.45) is 5.73 Å². The van der Waals surface area contributed by atoms with Gasteiger partial charge < -0.3 is 15.2 Å². The molecule has 118 valence electrons. The normalized spacial score (nSPS) is 24.6. The highest BCUT2D eigenvalue weighted by Crippen LogP contribution is 2.31. The molecule has 1 aliphatic rings. The molecule has 1 saturated heterocycles. The average Bonchev–Trinajstić information content (AvgIpc) is 2.50. The minimum absolute atomic E-state index is 0.0474. The molecule has 0 aliphatic carbocycles. The molecule has 0 spiro atoms. The predicted molar refractivity (Wildman–Crippen MR) is 86.0 cm³/mol. The largest absolute Gasteiger partial charge is 0.497 e. The molecule has 1 aromatic rings. The van der Waals surface area contributed by atoms with E-state index in [0.717, 1.165) is 23.6 Å². The molecule has 0 amide bonds. The Bertz CT molecular complexity index is 454. The first-order valence-corrected chi connectivity index (χ1v) is 7.80. The third-order valence-corrected chi connectivity index (χ3v) is 4.62. The van der Waals surface area contributed by atoms with Crippen molar-refractivity contribution in [3.05, 3.63) is 23.8 Å². The second-order valence-electron chi connectivity index (χ2n) is 6.04. The number of piperidine rings is 1. The fourth-order valence-electron chi connectivity index (χ4n) is 3.28. The van der Waals surface area contributed by atoms with E-state index in [0.29, 0.717) is 12.1 Å². The smallest absolute Gasteiger partial charge is 0.127 e. The summed E-state index contributed by atoms with van der Waals surface area (Å²) < 4.78 is 10.7. The van der Waals surface area contributed by atoms with Gasteiger partial charge in [-0.2, -0.15) is 0 Å². The van der Waals surface area contributed by atoms with Gasteiger partial charge in [0.05, 0.1) is 14.2 Å². The molecule has 1 aliphatic heterocycles. The van der Waals surface area contributed by atoms with Crippen LogP contribution >= 0.6 is 0 Å². The van der Waals surface area contributed by atoms with E-state index in [-0.39, 0.29) is 6.04 Å². The Kier molecular flexibility index (Phi) is 5.48. The van der Waals surface area contributed by atoms with Gasteiger partial charge in [-0.1, -0.05) is 12.5 Å². The van der Waals surface area contributed by atoms with Gasteiger partial charge in [0.2, 0.25) is 0 Å². The number of rotatable bonds is 5. The van der Waals surface area contributed by atoms with Crippen LogP contribution in [0.2, 0.25) is 0 Å². The van der Waals surface area contributed by atoms with Crippen LogP contribution in [0.25, 0.3) is 0 Å². The molecule has 2 N–H and O–H groups in total. The number of ether oxygens (including phenoxy) is 2. The van der Waals surface area contributed by atoms with Gasteiger partial charge >= 0.3 is 0 Å². The van der Waals surface area contributed by atoms with Gasteiger partial charge in [0.25, 0.3) is 0 Å². The highest BCUT2D eigenvalue weighted by molar-refractivity contribution is 5.42. The monoisotopic (exact) mass is 292 g/mol. The van der Waals surface area contributed by atoms with E-state index >= 15 is 0 Å². The van der Waals surface area contributed by atoms with Crippen LogP contribution < -0.4 is 15.2 Å². The summed E-state index contributed by atoms with van der Waals surface area (Å²) in [5.74, 6) is 1.60. The molecule has 0 saturated carbocycles. The van der Waals surface area contributed by atoms with E-state index in [1.165, 1.54) is 19.3 Å². The molecule has 3 unspecified atom stereocenters. The first kappa shape index (κ1) is 16.1. The SMILES string of the molecule is COc1ccc(C(N)CN2C(C)CCCC2C)c(OC)c1. The number of nitrogens with zero attached hydrogens (tertiary/aromatic N) is 1. The Morgan fingerprint density at radius 2 is 1.86 bits per heavy atom. The van der Waals surface area contributed by atoms with Crippen LogP contribution in [0.5, 0.6) is 11.5 Å². The molecule has 0 bridgehead atoms. The summed E-state index contributed by atoms with van der Waals surface area (Å²) in [4.78, 5) is 2.53. The third-order valence-electron chi connectivity index (χ3n) is 4.62. The predicted octanol–water partition coefficient (Wildman–Crippen LogP) is 2.97. The standard InChI is InChI=1S/C17H28N2O2/c1-12-6-5-7-13(2)19(12)11-16(18)15-9-8-14(20-3)10-17(15)21-4/h8-10,12-13,16H,5-7,11,18H2,1-4H3. The van der Waals surface area contributed by atoms with Crippen molar-refractivity contribution in [1.82, 2.24) is 4.90 Å². The molecule has 0 radical (unpaired) electrons. The summed E-state index contributed by atoms with van der Waals surface area (Å²) in [6.45, 7) is 5.46. The van der Waals surface area contributed by atoms with E-state index < -0.39 is 0 Å². The Labute approximate surface area is 128 Å². The lowest BCUT2D eigenvalue weighted by molar-refractivity contribution is 0.0958. The molecular formula is C17H28N2O2. The third kappa shape index (κ3) is 3.69. The molecule has 4 heteroatoms. The summed E-state index contributed by atoms with van der Waals surface area (Å²) in [6, 6.07) is 7.02. The van der Waals surface area contributed by atoms with Crippen LogP contribution in [0.1, 0.15) is 44.7 Å². The van der Waals surface area contributed by atoms with E-state index in [4.69, 9.17) is 15.2 Å². The molecular weight excluding hydrogens is 264 g/mol. The Morgan fingerprint density at radius 1 is 1.19 bits per heavy atom. The minimum atomic E-state index is -0.0474. The number of hydrogen-bond donors (Lipinski definition) is 1. The first-order chi connectivity index (χ1) is 10.1. The first-order valence-electron chi connectivity index (χ1n) is 7.80. The lowest BCUT2D eigenvalue weighted by Gasteiger charge is -2.40. The van der Waals surface area contributed by atoms with Crippen LogP contribution in [0.15, 0.2) is 18.2 Å². The van der Waals surface area contributed by atoms with Crippen LogP contribution in [-0.4, -0.2) is 37.7 Å². The van der Waals surface area contributed by atoms with Gasteiger partial charge in [-0.05, 0) is 32.8 Å². The lowest BCUT2D eigenvalue weighted by Crippen LogP contribution is -2.46. The molecule has 4 nitrogen and oxygen atoms in total. The summed E-state index contributed by atoms with van der Waals surface area (Å²) >= 11 is 0. The maximum absolute atomic E-state index is 6.46. The second-order valence-corrected chi connectivity index (χ2v) is 6.04. The molecule has 1 aromatic carbocycles. The number of hydrogen-bond acceptors (Lipinski definition) is 4. The van der Waals surface area contributed by atoms with Crippen LogP contribution in [0.3, 0.4) is 0 Å². The van der Waals surface area contributed by atoms with Gasteiger partial charge in [-0.3, -0.25) is 4.90 Å². The van der Waals surface area contributed by atoms with Crippen molar-refractivity contribution in [1.29, 1.82) is 0 Å². The van der Waals surface area contributed by atoms with Crippen molar-refractivity contribution in [2.45, 2.75) is 51.2 Å². The number of methoxy groups -OCH3 is 2. The average molecular weight is 292 g/mol. The topological polar surface area (TPSA) is 47.7 Å². The van der Waals surface area contributed by atoms with Gasteiger partial charge in [-0.25, -0.2) is 0 Å². The Balaban J connectivity index is 2.14. The van der Waals surface area contributed by atoms with Crippen molar-refractivity contribution in [3.8, 4) is 11.5 Å². The summed E-state index contributed by atoms with van der Waals surface area (Å²) in [6.07, 6.45) is 3.84. The van der Waals surface area contributed by atoms with Crippen molar-refractivity contribution < 1.29 is 9.47 Å². The number of likely N-dealkylation sites (tertiary alicyclic amines) is 1. The van der Waals surface area contributed by atoms with Gasteiger partial charge in [0, 0.05) is 36.3 Å².